The summed E-state index contributed by atoms with van der Waals surface area (Å²) in [4.78, 5) is 13.6. The highest BCUT2D eigenvalue weighted by Gasteiger charge is 2.21. The number of hydrogen-bond donors (Lipinski definition) is 1. The van der Waals surface area contributed by atoms with E-state index in [9.17, 15) is 4.79 Å². The van der Waals surface area contributed by atoms with E-state index in [1.807, 2.05) is 78.5 Å². The summed E-state index contributed by atoms with van der Waals surface area (Å²) >= 11 is 1.84. The number of carbonyl (C=O) groups is 1. The number of carbonyl (C=O) groups excluding carboxylic acids is 1. The molecule has 1 amide bonds. The summed E-state index contributed by atoms with van der Waals surface area (Å²) in [5, 5.41) is 3.09. The van der Waals surface area contributed by atoms with Crippen molar-refractivity contribution in [3.8, 4) is 11.5 Å². The second-order valence-corrected chi connectivity index (χ2v) is 7.97. The Balaban J connectivity index is 1.25. The van der Waals surface area contributed by atoms with Crippen LogP contribution in [0.1, 0.15) is 23.6 Å². The Morgan fingerprint density at radius 3 is 2.38 bits per heavy atom. The number of fused-ring (bicyclic) bond motifs is 1. The molecule has 1 atom stereocenters. The molecule has 0 fully saturated rings. The first-order chi connectivity index (χ1) is 14.3. The van der Waals surface area contributed by atoms with Gasteiger partial charge in [0.05, 0.1) is 6.04 Å². The average Bonchev–Trinajstić information content (AvgIpc) is 2.78. The standard InChI is InChI=1S/C24H23NO3S/c26-24(25-22-14-15-29-23-9-5-4-8-21(22)23)17-28-20-12-10-19(11-13-20)27-16-18-6-2-1-3-7-18/h1-13,22H,14-17H2,(H,25,26)/t22-/m0/s1. The molecular weight excluding hydrogens is 382 g/mol. The Morgan fingerprint density at radius 1 is 0.897 bits per heavy atom. The fraction of sp³-hybridized carbons (Fsp3) is 0.208. The fourth-order valence-electron chi connectivity index (χ4n) is 3.25. The van der Waals surface area contributed by atoms with E-state index >= 15 is 0 Å². The van der Waals surface area contributed by atoms with Crippen LogP contribution >= 0.6 is 11.8 Å². The van der Waals surface area contributed by atoms with Crippen LogP contribution in [0.5, 0.6) is 11.5 Å². The maximum atomic E-state index is 12.4. The third-order valence-corrected chi connectivity index (χ3v) is 5.86. The molecule has 4 nitrogen and oxygen atoms in total. The van der Waals surface area contributed by atoms with Crippen LogP contribution in [0.2, 0.25) is 0 Å². The third-order valence-electron chi connectivity index (χ3n) is 4.74. The summed E-state index contributed by atoms with van der Waals surface area (Å²) in [5.41, 5.74) is 2.31. The van der Waals surface area contributed by atoms with E-state index in [2.05, 4.69) is 17.4 Å². The monoisotopic (exact) mass is 405 g/mol. The first-order valence-electron chi connectivity index (χ1n) is 9.68. The van der Waals surface area contributed by atoms with Gasteiger partial charge in [0.2, 0.25) is 0 Å². The Morgan fingerprint density at radius 2 is 1.59 bits per heavy atom. The predicted molar refractivity (Wildman–Crippen MR) is 115 cm³/mol. The van der Waals surface area contributed by atoms with Gasteiger partial charge in [-0.25, -0.2) is 0 Å². The fourth-order valence-corrected chi connectivity index (χ4v) is 4.38. The molecule has 0 saturated heterocycles. The van der Waals surface area contributed by atoms with Gasteiger partial charge in [-0.3, -0.25) is 4.79 Å². The predicted octanol–water partition coefficient (Wildman–Crippen LogP) is 5.00. The molecule has 29 heavy (non-hydrogen) atoms. The normalized spacial score (nSPS) is 15.2. The highest BCUT2D eigenvalue weighted by atomic mass is 32.2. The number of ether oxygens (including phenoxy) is 2. The van der Waals surface area contributed by atoms with Crippen LogP contribution in [0.25, 0.3) is 0 Å². The number of thioether (sulfide) groups is 1. The van der Waals surface area contributed by atoms with Gasteiger partial charge in [-0.05, 0) is 47.9 Å². The molecule has 0 radical (unpaired) electrons. The van der Waals surface area contributed by atoms with Gasteiger partial charge in [-0.2, -0.15) is 0 Å². The Hall–Kier alpha value is -2.92. The Kier molecular flexibility index (Phi) is 6.37. The van der Waals surface area contributed by atoms with E-state index in [1.165, 1.54) is 10.5 Å². The molecule has 0 spiro atoms. The lowest BCUT2D eigenvalue weighted by Gasteiger charge is -2.25. The van der Waals surface area contributed by atoms with E-state index in [0.29, 0.717) is 12.4 Å². The molecule has 4 rings (SSSR count). The van der Waals surface area contributed by atoms with Crippen molar-refractivity contribution in [1.82, 2.24) is 5.32 Å². The summed E-state index contributed by atoms with van der Waals surface area (Å²) in [6, 6.07) is 25.7. The summed E-state index contributed by atoms with van der Waals surface area (Å²) in [6.45, 7) is 0.515. The van der Waals surface area contributed by atoms with Gasteiger partial charge in [0.1, 0.15) is 18.1 Å². The first kappa shape index (κ1) is 19.4. The van der Waals surface area contributed by atoms with E-state index in [-0.39, 0.29) is 18.6 Å². The van der Waals surface area contributed by atoms with Gasteiger partial charge in [-0.15, -0.1) is 11.8 Å². The molecule has 0 aliphatic carbocycles. The van der Waals surface area contributed by atoms with Crippen LogP contribution in [0, 0.1) is 0 Å². The van der Waals surface area contributed by atoms with Crippen LogP contribution in [0.3, 0.4) is 0 Å². The van der Waals surface area contributed by atoms with Gasteiger partial charge in [-0.1, -0.05) is 48.5 Å². The lowest BCUT2D eigenvalue weighted by molar-refractivity contribution is -0.123. The zero-order valence-electron chi connectivity index (χ0n) is 16.0. The van der Waals surface area contributed by atoms with Crippen molar-refractivity contribution >= 4 is 17.7 Å². The van der Waals surface area contributed by atoms with Crippen molar-refractivity contribution in [2.75, 3.05) is 12.4 Å². The van der Waals surface area contributed by atoms with Crippen molar-refractivity contribution < 1.29 is 14.3 Å². The minimum atomic E-state index is -0.110. The van der Waals surface area contributed by atoms with E-state index < -0.39 is 0 Å². The average molecular weight is 406 g/mol. The van der Waals surface area contributed by atoms with Crippen molar-refractivity contribution in [3.05, 3.63) is 90.0 Å². The molecular formula is C24H23NO3S. The molecule has 1 N–H and O–H groups in total. The second kappa shape index (κ2) is 9.52. The lowest BCUT2D eigenvalue weighted by Crippen LogP contribution is -2.34. The molecule has 3 aromatic carbocycles. The summed E-state index contributed by atoms with van der Waals surface area (Å²) in [7, 11) is 0. The molecule has 1 aliphatic rings. The third kappa shape index (κ3) is 5.33. The van der Waals surface area contributed by atoms with Crippen LogP contribution < -0.4 is 14.8 Å². The maximum Gasteiger partial charge on any atom is 0.258 e. The van der Waals surface area contributed by atoms with Crippen molar-refractivity contribution in [2.45, 2.75) is 24.0 Å². The highest BCUT2D eigenvalue weighted by Crippen LogP contribution is 2.35. The molecule has 1 heterocycles. The number of hydrogen-bond acceptors (Lipinski definition) is 4. The Labute approximate surface area is 175 Å². The van der Waals surface area contributed by atoms with Gasteiger partial charge in [0.15, 0.2) is 6.61 Å². The molecule has 0 unspecified atom stereocenters. The molecule has 0 saturated carbocycles. The molecule has 148 valence electrons. The minimum Gasteiger partial charge on any atom is -0.489 e. The molecule has 0 aromatic heterocycles. The van der Waals surface area contributed by atoms with Gasteiger partial charge in [0.25, 0.3) is 5.91 Å². The first-order valence-corrected chi connectivity index (χ1v) is 10.7. The van der Waals surface area contributed by atoms with Crippen LogP contribution in [0.15, 0.2) is 83.8 Å². The number of nitrogens with one attached hydrogen (secondary N) is 1. The smallest absolute Gasteiger partial charge is 0.258 e. The topological polar surface area (TPSA) is 47.6 Å². The zero-order chi connectivity index (χ0) is 19.9. The maximum absolute atomic E-state index is 12.4. The van der Waals surface area contributed by atoms with Crippen LogP contribution in [-0.2, 0) is 11.4 Å². The summed E-state index contributed by atoms with van der Waals surface area (Å²) < 4.78 is 11.4. The van der Waals surface area contributed by atoms with Crippen LogP contribution in [0.4, 0.5) is 0 Å². The molecule has 1 aliphatic heterocycles. The zero-order valence-corrected chi connectivity index (χ0v) is 16.9. The van der Waals surface area contributed by atoms with Crippen molar-refractivity contribution in [3.63, 3.8) is 0 Å². The van der Waals surface area contributed by atoms with Gasteiger partial charge < -0.3 is 14.8 Å². The van der Waals surface area contributed by atoms with E-state index in [0.717, 1.165) is 23.5 Å². The quantitative estimate of drug-likeness (QED) is 0.601. The van der Waals surface area contributed by atoms with E-state index in [4.69, 9.17) is 9.47 Å². The second-order valence-electron chi connectivity index (χ2n) is 6.83. The van der Waals surface area contributed by atoms with Gasteiger partial charge in [0, 0.05) is 10.6 Å². The summed E-state index contributed by atoms with van der Waals surface area (Å²) in [5.74, 6) is 2.31. The van der Waals surface area contributed by atoms with Crippen LogP contribution in [-0.4, -0.2) is 18.3 Å². The largest absolute Gasteiger partial charge is 0.489 e. The Bertz CT molecular complexity index is 944. The number of rotatable bonds is 7. The van der Waals surface area contributed by atoms with Crippen molar-refractivity contribution in [1.29, 1.82) is 0 Å². The minimum absolute atomic E-state index is 0.00394. The van der Waals surface area contributed by atoms with Crippen molar-refractivity contribution in [2.24, 2.45) is 0 Å². The number of benzene rings is 3. The SMILES string of the molecule is O=C(COc1ccc(OCc2ccccc2)cc1)N[C@H]1CCSc2ccccc21. The molecule has 0 bridgehead atoms. The lowest BCUT2D eigenvalue weighted by atomic mass is 10.0. The van der Waals surface area contributed by atoms with E-state index in [1.54, 1.807) is 0 Å². The number of amides is 1. The van der Waals surface area contributed by atoms with Gasteiger partial charge >= 0.3 is 0 Å². The molecule has 5 heteroatoms. The molecule has 3 aromatic rings. The highest BCUT2D eigenvalue weighted by molar-refractivity contribution is 7.99. The summed E-state index contributed by atoms with van der Waals surface area (Å²) in [6.07, 6.45) is 0.931.